The van der Waals surface area contributed by atoms with Crippen LogP contribution in [0, 0.1) is 39.9 Å². The van der Waals surface area contributed by atoms with Crippen LogP contribution in [0.1, 0.15) is 107 Å². The fourth-order valence-corrected chi connectivity index (χ4v) is 13.6. The highest BCUT2D eigenvalue weighted by Gasteiger charge is 2.76. The zero-order valence-electron chi connectivity index (χ0n) is 35.0. The number of hydrogen-bond donors (Lipinski definition) is 8. The lowest BCUT2D eigenvalue weighted by Gasteiger charge is -2.71. The summed E-state index contributed by atoms with van der Waals surface area (Å²) in [6.45, 7) is 13.7. The Kier molecular flexibility index (Phi) is 11.8. The summed E-state index contributed by atoms with van der Waals surface area (Å²) >= 11 is 0. The molecule has 3 heterocycles. The van der Waals surface area contributed by atoms with Crippen molar-refractivity contribution in [3.05, 3.63) is 0 Å². The Morgan fingerprint density at radius 2 is 1.61 bits per heavy atom. The van der Waals surface area contributed by atoms with Crippen LogP contribution in [0.25, 0.3) is 0 Å². The number of rotatable bonds is 10. The number of Topliss-reactive ketones (excluding diaryl/α,β-unsaturated/α-hetero) is 1. The van der Waals surface area contributed by atoms with Gasteiger partial charge in [0.2, 0.25) is 0 Å². The van der Waals surface area contributed by atoms with Crippen molar-refractivity contribution in [2.24, 2.45) is 39.9 Å². The van der Waals surface area contributed by atoms with Crippen LogP contribution < -0.4 is 0 Å². The molecule has 3 saturated heterocycles. The smallest absolute Gasteiger partial charge is 0.187 e. The summed E-state index contributed by atoms with van der Waals surface area (Å²) in [6, 6.07) is 0. The first kappa shape index (κ1) is 44.2. The molecule has 11 unspecified atom stereocenters. The molecule has 4 aliphatic carbocycles. The van der Waals surface area contributed by atoms with Crippen molar-refractivity contribution in [2.45, 2.75) is 197 Å². The fraction of sp³-hybridized carbons (Fsp3) is 0.976. The Morgan fingerprint density at radius 3 is 2.23 bits per heavy atom. The lowest BCUT2D eigenvalue weighted by atomic mass is 9.36. The van der Waals surface area contributed by atoms with Crippen molar-refractivity contribution in [1.29, 1.82) is 0 Å². The molecule has 7 fully saturated rings. The van der Waals surface area contributed by atoms with Crippen LogP contribution in [0.3, 0.4) is 0 Å². The van der Waals surface area contributed by atoms with Gasteiger partial charge in [-0.05, 0) is 89.9 Å². The fourth-order valence-electron chi connectivity index (χ4n) is 13.6. The molecule has 4 bridgehead atoms. The minimum absolute atomic E-state index is 0.0928. The third-order valence-corrected chi connectivity index (χ3v) is 16.5. The van der Waals surface area contributed by atoms with Gasteiger partial charge >= 0.3 is 0 Å². The third-order valence-electron chi connectivity index (χ3n) is 16.5. The Bertz CT molecular complexity index is 1470. The monoisotopic (exact) mass is 814 g/mol. The van der Waals surface area contributed by atoms with Gasteiger partial charge in [0, 0.05) is 29.1 Å². The van der Waals surface area contributed by atoms with Gasteiger partial charge in [0.1, 0.15) is 42.4 Å². The van der Waals surface area contributed by atoms with Crippen molar-refractivity contribution >= 4 is 5.78 Å². The molecule has 4 saturated carbocycles. The predicted octanol–water partition coefficient (Wildman–Crippen LogP) is 0.947. The molecule has 7 aliphatic rings. The van der Waals surface area contributed by atoms with Crippen LogP contribution in [-0.2, 0) is 33.2 Å². The minimum atomic E-state index is -1.69. The second-order valence-corrected chi connectivity index (χ2v) is 20.6. The van der Waals surface area contributed by atoms with Crippen LogP contribution in [0.2, 0.25) is 0 Å². The average molecular weight is 815 g/mol. The van der Waals surface area contributed by atoms with Gasteiger partial charge in [-0.15, -0.1) is 0 Å². The summed E-state index contributed by atoms with van der Waals surface area (Å²) in [5, 5.41) is 87.8. The first-order valence-electron chi connectivity index (χ1n) is 21.3. The van der Waals surface area contributed by atoms with E-state index in [2.05, 4.69) is 20.8 Å². The van der Waals surface area contributed by atoms with Crippen molar-refractivity contribution in [1.82, 2.24) is 0 Å². The van der Waals surface area contributed by atoms with Gasteiger partial charge in [-0.3, -0.25) is 4.79 Å². The normalized spacial score (nSPS) is 50.4. The topological polar surface area (TPSA) is 234 Å². The Labute approximate surface area is 336 Å². The van der Waals surface area contributed by atoms with E-state index in [1.807, 2.05) is 13.8 Å². The number of aliphatic hydroxyl groups excluding tert-OH is 7. The second-order valence-electron chi connectivity index (χ2n) is 20.6. The first-order valence-corrected chi connectivity index (χ1v) is 21.3. The SMILES string of the molecule is C[C@@H](O)C(CO)OC(OC1C2OC(CO[C@@]34CCC([C@]5(C)CC[C@H](C(C)(C)O)O5)C3[C@H](O)CC3[C@@]5(C)CCC(=O)C(C)(C)C5[C@H](C[C@]34C)O2)C(O)C1O)[C@H](O)CO. The Morgan fingerprint density at radius 1 is 0.930 bits per heavy atom. The number of carbonyl (C=O) groups is 1. The van der Waals surface area contributed by atoms with Crippen LogP contribution in [-0.4, -0.2) is 157 Å². The number of ketones is 1. The zero-order valence-corrected chi connectivity index (χ0v) is 35.0. The molecule has 3 aliphatic heterocycles. The summed E-state index contributed by atoms with van der Waals surface area (Å²) in [5.41, 5.74) is -4.65. The number of fused-ring (bicyclic) bond motifs is 6. The van der Waals surface area contributed by atoms with Crippen LogP contribution in [0.5, 0.6) is 0 Å². The molecule has 20 atom stereocenters. The van der Waals surface area contributed by atoms with Crippen LogP contribution >= 0.6 is 0 Å². The molecule has 0 radical (unpaired) electrons. The van der Waals surface area contributed by atoms with E-state index in [0.717, 1.165) is 0 Å². The summed E-state index contributed by atoms with van der Waals surface area (Å²) < 4.78 is 39.5. The maximum absolute atomic E-state index is 13.9. The minimum Gasteiger partial charge on any atom is -0.394 e. The van der Waals surface area contributed by atoms with Crippen molar-refractivity contribution in [3.63, 3.8) is 0 Å². The molecule has 0 aromatic carbocycles. The maximum atomic E-state index is 13.9. The van der Waals surface area contributed by atoms with E-state index in [1.54, 1.807) is 13.8 Å². The van der Waals surface area contributed by atoms with E-state index >= 15 is 0 Å². The molecule has 1 spiro atoms. The highest BCUT2D eigenvalue weighted by Crippen LogP contribution is 2.74. The summed E-state index contributed by atoms with van der Waals surface area (Å²) in [4.78, 5) is 13.9. The number of carbonyl (C=O) groups excluding carboxylic acids is 1. The third kappa shape index (κ3) is 6.90. The Hall–Kier alpha value is -0.890. The second kappa shape index (κ2) is 15.2. The van der Waals surface area contributed by atoms with Gasteiger partial charge in [0.05, 0.1) is 61.0 Å². The molecular formula is C42H70O15. The molecule has 15 nitrogen and oxygen atoms in total. The standard InChI is InChI=1S/C42H70O15/c1-20(45)25(18-44)54-35(23(47)17-43)56-33-32(50)31(49)26-19-52-42-14-9-21(41(8)13-11-29(57-41)38(4,5)51)30(42)22(46)15-27-39(6)12-10-28(48)37(2,3)34(39)24(16-40(27,42)7)53-36(33)55-26/h20-27,29-36,43-47,49-51H,9-19H2,1-8H3/t20-,21?,22-,23-,24+,25?,26?,27?,29-,30?,31?,32?,33?,34?,35?,36?,39-,40-,41+,42+/m1/s1. The number of hydrogen-bond acceptors (Lipinski definition) is 15. The maximum Gasteiger partial charge on any atom is 0.187 e. The van der Waals surface area contributed by atoms with Gasteiger partial charge in [-0.1, -0.05) is 27.7 Å². The van der Waals surface area contributed by atoms with E-state index in [0.29, 0.717) is 51.4 Å². The van der Waals surface area contributed by atoms with E-state index in [4.69, 9.17) is 28.4 Å². The van der Waals surface area contributed by atoms with Crippen LogP contribution in [0.15, 0.2) is 0 Å². The number of ether oxygens (including phenoxy) is 6. The van der Waals surface area contributed by atoms with E-state index in [1.165, 1.54) is 6.92 Å². The van der Waals surface area contributed by atoms with E-state index in [9.17, 15) is 45.6 Å². The average Bonchev–Trinajstić information content (AvgIpc) is 3.75. The van der Waals surface area contributed by atoms with Crippen molar-refractivity contribution in [2.75, 3.05) is 19.8 Å². The van der Waals surface area contributed by atoms with Crippen LogP contribution in [0.4, 0.5) is 0 Å². The summed E-state index contributed by atoms with van der Waals surface area (Å²) in [7, 11) is 0. The highest BCUT2D eigenvalue weighted by atomic mass is 16.8. The van der Waals surface area contributed by atoms with E-state index in [-0.39, 0.29) is 42.2 Å². The van der Waals surface area contributed by atoms with Gasteiger partial charge in [-0.2, -0.15) is 0 Å². The van der Waals surface area contributed by atoms with Gasteiger partial charge in [-0.25, -0.2) is 0 Å². The molecular weight excluding hydrogens is 744 g/mol. The molecule has 0 aromatic rings. The quantitative estimate of drug-likeness (QED) is 0.113. The first-order chi connectivity index (χ1) is 26.5. The molecule has 0 aromatic heterocycles. The van der Waals surface area contributed by atoms with Crippen molar-refractivity contribution < 1.29 is 74.1 Å². The summed E-state index contributed by atoms with van der Waals surface area (Å²) in [6.07, 6.45) is -10.4. The molecule has 57 heavy (non-hydrogen) atoms. The predicted molar refractivity (Wildman–Crippen MR) is 201 cm³/mol. The highest BCUT2D eigenvalue weighted by molar-refractivity contribution is 5.85. The lowest BCUT2D eigenvalue weighted by Crippen LogP contribution is -2.74. The molecule has 328 valence electrons. The lowest BCUT2D eigenvalue weighted by molar-refractivity contribution is -0.388. The zero-order chi connectivity index (χ0) is 41.8. The van der Waals surface area contributed by atoms with E-state index < -0.39 is 114 Å². The van der Waals surface area contributed by atoms with Gasteiger partial charge in [0.15, 0.2) is 12.6 Å². The molecule has 0 amide bonds. The molecule has 15 heteroatoms. The molecule has 7 rings (SSSR count). The van der Waals surface area contributed by atoms with Crippen molar-refractivity contribution in [3.8, 4) is 0 Å². The number of aliphatic hydroxyl groups is 8. The largest absolute Gasteiger partial charge is 0.394 e. The molecule has 8 N–H and O–H groups in total. The Balaban J connectivity index is 1.31. The van der Waals surface area contributed by atoms with Gasteiger partial charge in [0.25, 0.3) is 0 Å². The van der Waals surface area contributed by atoms with Gasteiger partial charge < -0.3 is 69.3 Å². The summed E-state index contributed by atoms with van der Waals surface area (Å²) in [5.74, 6) is -0.874.